The zero-order valence-corrected chi connectivity index (χ0v) is 18.9. The highest BCUT2D eigenvalue weighted by Gasteiger charge is 2.28. The molecule has 0 saturated carbocycles. The summed E-state index contributed by atoms with van der Waals surface area (Å²) in [5, 5.41) is 10.9. The molecule has 6 nitrogen and oxygen atoms in total. The second kappa shape index (κ2) is 8.68. The van der Waals surface area contributed by atoms with Crippen LogP contribution in [0, 0.1) is 0 Å². The maximum atomic E-state index is 13.3. The minimum atomic E-state index is -0.410. The third kappa shape index (κ3) is 3.80. The number of rotatable bonds is 5. The first-order chi connectivity index (χ1) is 16.8. The highest BCUT2D eigenvalue weighted by atomic mass is 32.1. The van der Waals surface area contributed by atoms with E-state index in [0.29, 0.717) is 11.5 Å². The first kappa shape index (κ1) is 20.5. The smallest absolute Gasteiger partial charge is 0.339 e. The van der Waals surface area contributed by atoms with Crippen molar-refractivity contribution in [2.24, 2.45) is 0 Å². The summed E-state index contributed by atoms with van der Waals surface area (Å²) in [5.41, 5.74) is 5.11. The Hall–Kier alpha value is -4.10. The van der Waals surface area contributed by atoms with Crippen molar-refractivity contribution in [1.29, 1.82) is 0 Å². The number of pyridine rings is 1. The van der Waals surface area contributed by atoms with Gasteiger partial charge in [-0.2, -0.15) is 0 Å². The largest absolute Gasteiger partial charge is 0.452 e. The van der Waals surface area contributed by atoms with Crippen molar-refractivity contribution >= 4 is 39.9 Å². The van der Waals surface area contributed by atoms with Crippen LogP contribution in [-0.2, 0) is 17.8 Å². The average Bonchev–Trinajstić information content (AvgIpc) is 3.64. The van der Waals surface area contributed by atoms with Crippen molar-refractivity contribution in [2.75, 3.05) is 0 Å². The molecule has 6 rings (SSSR count). The monoisotopic (exact) mass is 465 g/mol. The minimum absolute atomic E-state index is 0.0953. The number of benzene rings is 2. The number of aromatic nitrogens is 3. The van der Waals surface area contributed by atoms with Gasteiger partial charge < -0.3 is 9.15 Å². The van der Waals surface area contributed by atoms with E-state index in [1.807, 2.05) is 60.7 Å². The van der Waals surface area contributed by atoms with E-state index in [9.17, 15) is 4.79 Å². The van der Waals surface area contributed by atoms with Gasteiger partial charge in [0.25, 0.3) is 5.89 Å². The van der Waals surface area contributed by atoms with Crippen molar-refractivity contribution in [2.45, 2.75) is 19.4 Å². The van der Waals surface area contributed by atoms with Crippen molar-refractivity contribution in [1.82, 2.24) is 15.2 Å². The van der Waals surface area contributed by atoms with Crippen molar-refractivity contribution in [3.63, 3.8) is 0 Å². The van der Waals surface area contributed by atoms with Crippen molar-refractivity contribution in [3.05, 3.63) is 99.7 Å². The first-order valence-corrected chi connectivity index (χ1v) is 11.9. The Morgan fingerprint density at radius 3 is 2.71 bits per heavy atom. The Labute approximate surface area is 199 Å². The molecule has 0 aliphatic heterocycles. The highest BCUT2D eigenvalue weighted by Crippen LogP contribution is 2.38. The lowest BCUT2D eigenvalue weighted by Gasteiger charge is -2.11. The summed E-state index contributed by atoms with van der Waals surface area (Å²) in [5.74, 6) is 0.234. The molecule has 1 aliphatic carbocycles. The maximum absolute atomic E-state index is 13.3. The lowest BCUT2D eigenvalue weighted by molar-refractivity contribution is 0.0440. The number of hydrogen-bond acceptors (Lipinski definition) is 7. The quantitative estimate of drug-likeness (QED) is 0.288. The Balaban J connectivity index is 1.32. The molecule has 3 aromatic heterocycles. The van der Waals surface area contributed by atoms with Crippen LogP contribution in [0.5, 0.6) is 0 Å². The van der Waals surface area contributed by atoms with Crippen molar-refractivity contribution in [3.8, 4) is 11.5 Å². The molecule has 2 aromatic carbocycles. The molecule has 0 N–H and O–H groups in total. The zero-order valence-electron chi connectivity index (χ0n) is 18.1. The summed E-state index contributed by atoms with van der Waals surface area (Å²) in [4.78, 5) is 19.4. The lowest BCUT2D eigenvalue weighted by Crippen LogP contribution is -2.10. The van der Waals surface area contributed by atoms with Gasteiger partial charge in [-0.25, -0.2) is 9.78 Å². The van der Waals surface area contributed by atoms with Gasteiger partial charge in [-0.15, -0.1) is 21.5 Å². The molecular weight excluding hydrogens is 446 g/mol. The topological polar surface area (TPSA) is 78.1 Å². The molecule has 0 saturated heterocycles. The van der Waals surface area contributed by atoms with Crippen LogP contribution in [0.15, 0.2) is 76.5 Å². The van der Waals surface area contributed by atoms with Crippen LogP contribution in [0.1, 0.15) is 38.8 Å². The SMILES string of the molecule is O=C(OCc1nnc(-c2ccccc2)o1)c1c2c(nc3ccccc13)C(=Cc1cccs1)CC2. The Morgan fingerprint density at radius 1 is 1.00 bits per heavy atom. The lowest BCUT2D eigenvalue weighted by atomic mass is 10.0. The van der Waals surface area contributed by atoms with Gasteiger partial charge in [0.1, 0.15) is 0 Å². The van der Waals surface area contributed by atoms with Crippen LogP contribution < -0.4 is 0 Å². The maximum Gasteiger partial charge on any atom is 0.339 e. The number of para-hydroxylation sites is 1. The number of fused-ring (bicyclic) bond motifs is 2. The fourth-order valence-corrected chi connectivity index (χ4v) is 4.95. The summed E-state index contributed by atoms with van der Waals surface area (Å²) in [7, 11) is 0. The standard InChI is InChI=1S/C27H19N3O3S/c31-27(32-16-23-29-30-26(33-23)17-7-2-1-3-8-17)24-20-10-4-5-11-22(20)28-25-18(12-13-21(24)25)15-19-9-6-14-34-19/h1-11,14-15H,12-13,16H2. The van der Waals surface area contributed by atoms with Crippen LogP contribution in [-0.4, -0.2) is 21.2 Å². The molecule has 0 amide bonds. The van der Waals surface area contributed by atoms with Gasteiger partial charge >= 0.3 is 5.97 Å². The van der Waals surface area contributed by atoms with E-state index in [0.717, 1.165) is 46.1 Å². The summed E-state index contributed by atoms with van der Waals surface area (Å²) >= 11 is 1.69. The normalized spacial score (nSPS) is 13.9. The number of hydrogen-bond donors (Lipinski definition) is 0. The number of carbonyl (C=O) groups excluding carboxylic acids is 1. The number of carbonyl (C=O) groups is 1. The van der Waals surface area contributed by atoms with Gasteiger partial charge in [0.2, 0.25) is 5.89 Å². The zero-order chi connectivity index (χ0) is 22.9. The summed E-state index contributed by atoms with van der Waals surface area (Å²) in [6, 6.07) is 21.3. The van der Waals surface area contributed by atoms with E-state index >= 15 is 0 Å². The molecule has 7 heteroatoms. The third-order valence-electron chi connectivity index (χ3n) is 5.82. The Kier molecular flexibility index (Phi) is 5.24. The molecule has 0 radical (unpaired) electrons. The molecule has 166 valence electrons. The molecule has 1 aliphatic rings. The van der Waals surface area contributed by atoms with Gasteiger partial charge in [-0.1, -0.05) is 42.5 Å². The van der Waals surface area contributed by atoms with E-state index in [1.54, 1.807) is 11.3 Å². The van der Waals surface area contributed by atoms with Gasteiger partial charge in [-0.05, 0) is 59.7 Å². The van der Waals surface area contributed by atoms with E-state index < -0.39 is 5.97 Å². The summed E-state index contributed by atoms with van der Waals surface area (Å²) in [6.45, 7) is -0.0953. The van der Waals surface area contributed by atoms with E-state index in [1.165, 1.54) is 4.88 Å². The molecule has 0 bridgehead atoms. The predicted molar refractivity (Wildman–Crippen MR) is 131 cm³/mol. The second-order valence-electron chi connectivity index (χ2n) is 7.96. The van der Waals surface area contributed by atoms with Crippen LogP contribution in [0.25, 0.3) is 34.0 Å². The highest BCUT2D eigenvalue weighted by molar-refractivity contribution is 7.10. The summed E-state index contributed by atoms with van der Waals surface area (Å²) in [6.07, 6.45) is 3.74. The molecule has 0 fully saturated rings. The number of thiophene rings is 1. The second-order valence-corrected chi connectivity index (χ2v) is 8.94. The molecule has 0 atom stereocenters. The molecule has 0 spiro atoms. The fraction of sp³-hybridized carbons (Fsp3) is 0.111. The predicted octanol–water partition coefficient (Wildman–Crippen LogP) is 6.19. The molecule has 0 unspecified atom stereocenters. The van der Waals surface area contributed by atoms with E-state index in [4.69, 9.17) is 14.1 Å². The van der Waals surface area contributed by atoms with Crippen LogP contribution in [0.2, 0.25) is 0 Å². The minimum Gasteiger partial charge on any atom is -0.452 e. The summed E-state index contributed by atoms with van der Waals surface area (Å²) < 4.78 is 11.3. The number of ether oxygens (including phenoxy) is 1. The molecular formula is C27H19N3O3S. The van der Waals surface area contributed by atoms with Gasteiger partial charge in [0, 0.05) is 15.8 Å². The van der Waals surface area contributed by atoms with Gasteiger partial charge in [-0.3, -0.25) is 0 Å². The van der Waals surface area contributed by atoms with Crippen LogP contribution in [0.4, 0.5) is 0 Å². The van der Waals surface area contributed by atoms with E-state index in [-0.39, 0.29) is 12.5 Å². The van der Waals surface area contributed by atoms with Gasteiger partial charge in [0.15, 0.2) is 6.61 Å². The van der Waals surface area contributed by atoms with E-state index in [2.05, 4.69) is 27.7 Å². The fourth-order valence-electron chi connectivity index (χ4n) is 4.27. The third-order valence-corrected chi connectivity index (χ3v) is 6.64. The molecule has 3 heterocycles. The Morgan fingerprint density at radius 2 is 1.85 bits per heavy atom. The Bertz CT molecular complexity index is 1520. The van der Waals surface area contributed by atoms with Crippen LogP contribution >= 0.6 is 11.3 Å². The molecule has 34 heavy (non-hydrogen) atoms. The van der Waals surface area contributed by atoms with Gasteiger partial charge in [0.05, 0.1) is 16.8 Å². The van der Waals surface area contributed by atoms with Crippen LogP contribution in [0.3, 0.4) is 0 Å². The number of nitrogens with zero attached hydrogens (tertiary/aromatic N) is 3. The number of esters is 1. The average molecular weight is 466 g/mol. The van der Waals surface area contributed by atoms with Crippen molar-refractivity contribution < 1.29 is 13.9 Å². The molecule has 5 aromatic rings. The first-order valence-electron chi connectivity index (χ1n) is 11.0. The number of allylic oxidation sites excluding steroid dienone is 1.